The summed E-state index contributed by atoms with van der Waals surface area (Å²) in [7, 11) is 0. The van der Waals surface area contributed by atoms with E-state index in [2.05, 4.69) is 20.6 Å². The van der Waals surface area contributed by atoms with E-state index >= 15 is 0 Å². The van der Waals surface area contributed by atoms with E-state index in [-0.39, 0.29) is 18.2 Å². The molecule has 1 aliphatic heterocycles. The van der Waals surface area contributed by atoms with E-state index in [1.165, 1.54) is 11.0 Å². The highest BCUT2D eigenvalue weighted by Crippen LogP contribution is 2.29. The van der Waals surface area contributed by atoms with E-state index in [1.807, 2.05) is 48.5 Å². The van der Waals surface area contributed by atoms with E-state index in [1.54, 1.807) is 24.5 Å². The lowest BCUT2D eigenvalue weighted by Crippen LogP contribution is -2.40. The van der Waals surface area contributed by atoms with Crippen LogP contribution in [0.5, 0.6) is 0 Å². The predicted octanol–water partition coefficient (Wildman–Crippen LogP) is 4.33. The number of hydrazine groups is 1. The van der Waals surface area contributed by atoms with Crippen LogP contribution in [0.4, 0.5) is 0 Å². The van der Waals surface area contributed by atoms with Crippen LogP contribution in [0.1, 0.15) is 33.8 Å². The molecular weight excluding hydrogens is 560 g/mol. The molecule has 11 nitrogen and oxygen atoms in total. The molecule has 0 radical (unpaired) electrons. The molecule has 4 N–H and O–H groups in total. The van der Waals surface area contributed by atoms with Crippen molar-refractivity contribution in [3.8, 4) is 33.6 Å². The summed E-state index contributed by atoms with van der Waals surface area (Å²) in [6, 6.07) is 19.6. The average Bonchev–Trinajstić information content (AvgIpc) is 3.71. The molecule has 0 spiro atoms. The van der Waals surface area contributed by atoms with E-state index in [9.17, 15) is 19.5 Å². The minimum absolute atomic E-state index is 0. The number of aromatic nitrogens is 3. The Hall–Kier alpha value is -5.13. The molecule has 1 atom stereocenters. The highest BCUT2D eigenvalue weighted by molar-refractivity contribution is 6.06. The molecule has 1 unspecified atom stereocenters. The third-order valence-corrected chi connectivity index (χ3v) is 7.20. The van der Waals surface area contributed by atoms with Gasteiger partial charge in [0.2, 0.25) is 5.76 Å². The van der Waals surface area contributed by atoms with Gasteiger partial charge >= 0.3 is 5.97 Å². The topological polar surface area (TPSA) is 165 Å². The summed E-state index contributed by atoms with van der Waals surface area (Å²) < 4.78 is 5.27. The van der Waals surface area contributed by atoms with Crippen LogP contribution in [-0.2, 0) is 4.79 Å². The first kappa shape index (κ1) is 28.4. The molecule has 212 valence electrons. The van der Waals surface area contributed by atoms with E-state index in [4.69, 9.17) is 10.4 Å². The number of hydrogen-bond donors (Lipinski definition) is 3. The maximum atomic E-state index is 12.8. The van der Waals surface area contributed by atoms with Gasteiger partial charge in [-0.3, -0.25) is 20.0 Å². The number of carboxylic acid groups (broad SMARTS) is 1. The lowest BCUT2D eigenvalue weighted by Gasteiger charge is -2.19. The summed E-state index contributed by atoms with van der Waals surface area (Å²) in [5, 5.41) is 14.0. The second kappa shape index (κ2) is 11.8. The molecule has 0 saturated carbocycles. The summed E-state index contributed by atoms with van der Waals surface area (Å²) in [6.07, 6.45) is 4.27. The van der Waals surface area contributed by atoms with Gasteiger partial charge in [0, 0.05) is 41.5 Å². The van der Waals surface area contributed by atoms with Gasteiger partial charge in [-0.15, -0.1) is 12.4 Å². The molecule has 3 aromatic heterocycles. The number of hydrogen-bond acceptors (Lipinski definition) is 8. The van der Waals surface area contributed by atoms with E-state index in [0.29, 0.717) is 47.2 Å². The van der Waals surface area contributed by atoms with Crippen molar-refractivity contribution in [2.24, 2.45) is 5.84 Å². The minimum atomic E-state index is -1.02. The molecule has 0 bridgehead atoms. The highest BCUT2D eigenvalue weighted by atomic mass is 35.5. The Morgan fingerprint density at radius 3 is 2.21 bits per heavy atom. The Morgan fingerprint density at radius 1 is 0.929 bits per heavy atom. The van der Waals surface area contributed by atoms with Gasteiger partial charge < -0.3 is 14.5 Å². The summed E-state index contributed by atoms with van der Waals surface area (Å²) in [6.45, 7) is 0.373. The average molecular weight is 585 g/mol. The third kappa shape index (κ3) is 5.30. The fraction of sp³-hybridized carbons (Fsp3) is 0.133. The Labute approximate surface area is 245 Å². The molecule has 1 fully saturated rings. The summed E-state index contributed by atoms with van der Waals surface area (Å²) in [5.74, 6) is 3.48. The fourth-order valence-electron chi connectivity index (χ4n) is 5.07. The van der Waals surface area contributed by atoms with Crippen LogP contribution in [0.25, 0.3) is 44.5 Å². The standard InChI is InChI=1S/C30H24N6O5.ClH/c31-34-28(37)21-14-24(33-23-11-12-32-16-22(21)23)19-7-3-17(4-8-19)18-5-9-20(10-6-18)25-15-27(41-35-25)29(38)36-13-1-2-26(36)30(39)40;/h3-12,14-16,26H,1-2,13,31H2,(H,34,37)(H,39,40);1H. The number of nitrogens with one attached hydrogen (secondary N) is 1. The van der Waals surface area contributed by atoms with Crippen molar-refractivity contribution in [3.63, 3.8) is 0 Å². The molecule has 0 aliphatic carbocycles. The van der Waals surface area contributed by atoms with E-state index in [0.717, 1.165) is 22.3 Å². The van der Waals surface area contributed by atoms with Crippen LogP contribution in [-0.4, -0.2) is 55.5 Å². The highest BCUT2D eigenvalue weighted by Gasteiger charge is 2.36. The summed E-state index contributed by atoms with van der Waals surface area (Å²) in [4.78, 5) is 46.7. The third-order valence-electron chi connectivity index (χ3n) is 7.20. The predicted molar refractivity (Wildman–Crippen MR) is 157 cm³/mol. The lowest BCUT2D eigenvalue weighted by atomic mass is 9.99. The number of carbonyl (C=O) groups is 3. The molecule has 6 rings (SSSR count). The van der Waals surface area contributed by atoms with Gasteiger partial charge in [-0.2, -0.15) is 0 Å². The van der Waals surface area contributed by atoms with Crippen molar-refractivity contribution >= 4 is 41.1 Å². The fourth-order valence-corrected chi connectivity index (χ4v) is 5.07. The maximum Gasteiger partial charge on any atom is 0.326 e. The Morgan fingerprint density at radius 2 is 1.57 bits per heavy atom. The number of nitrogen functional groups attached to an aromatic ring is 1. The monoisotopic (exact) mass is 584 g/mol. The van der Waals surface area contributed by atoms with Crippen LogP contribution in [0.15, 0.2) is 83.6 Å². The van der Waals surface area contributed by atoms with Gasteiger partial charge in [-0.05, 0) is 36.1 Å². The largest absolute Gasteiger partial charge is 0.480 e. The quantitative estimate of drug-likeness (QED) is 0.150. The number of fused-ring (bicyclic) bond motifs is 1. The van der Waals surface area contributed by atoms with Crippen molar-refractivity contribution in [1.82, 2.24) is 25.5 Å². The Kier molecular flexibility index (Phi) is 7.96. The van der Waals surface area contributed by atoms with Crippen molar-refractivity contribution in [1.29, 1.82) is 0 Å². The number of nitrogens with two attached hydrogens (primary N) is 1. The van der Waals surface area contributed by atoms with Crippen molar-refractivity contribution in [2.75, 3.05) is 6.54 Å². The van der Waals surface area contributed by atoms with Gasteiger partial charge in [0.25, 0.3) is 11.8 Å². The molecule has 5 aromatic rings. The van der Waals surface area contributed by atoms with Crippen LogP contribution >= 0.6 is 12.4 Å². The number of likely N-dealkylation sites (tertiary alicyclic amines) is 1. The first-order chi connectivity index (χ1) is 19.9. The molecule has 4 heterocycles. The zero-order chi connectivity index (χ0) is 28.5. The normalized spacial score (nSPS) is 14.4. The number of aliphatic carboxylic acids is 1. The van der Waals surface area contributed by atoms with Crippen LogP contribution in [0.2, 0.25) is 0 Å². The molecule has 2 amide bonds. The number of nitrogens with zero attached hydrogens (tertiary/aromatic N) is 4. The SMILES string of the molecule is Cl.NNC(=O)c1cc(-c2ccc(-c3ccc(-c4cc(C(=O)N5CCCC5C(=O)O)on4)cc3)cc2)nc2ccncc12. The molecular formula is C30H25ClN6O5. The second-order valence-electron chi connectivity index (χ2n) is 9.65. The van der Waals surface area contributed by atoms with Crippen LogP contribution in [0.3, 0.4) is 0 Å². The smallest absolute Gasteiger partial charge is 0.326 e. The van der Waals surface area contributed by atoms with Crippen molar-refractivity contribution in [2.45, 2.75) is 18.9 Å². The zero-order valence-corrected chi connectivity index (χ0v) is 22.9. The van der Waals surface area contributed by atoms with Gasteiger partial charge in [0.05, 0.1) is 16.8 Å². The molecule has 1 saturated heterocycles. The molecule has 42 heavy (non-hydrogen) atoms. The Bertz CT molecular complexity index is 1790. The summed E-state index contributed by atoms with van der Waals surface area (Å²) >= 11 is 0. The number of benzene rings is 2. The van der Waals surface area contributed by atoms with Gasteiger partial charge in [-0.1, -0.05) is 53.7 Å². The lowest BCUT2D eigenvalue weighted by molar-refractivity contribution is -0.141. The zero-order valence-electron chi connectivity index (χ0n) is 22.1. The minimum Gasteiger partial charge on any atom is -0.480 e. The number of halogens is 1. The number of carboxylic acids is 1. The Balaban J connectivity index is 0.00000353. The first-order valence-corrected chi connectivity index (χ1v) is 12.9. The van der Waals surface area contributed by atoms with Crippen LogP contribution < -0.4 is 11.3 Å². The number of carbonyl (C=O) groups excluding carboxylic acids is 2. The molecule has 2 aromatic carbocycles. The first-order valence-electron chi connectivity index (χ1n) is 12.9. The molecule has 1 aliphatic rings. The summed E-state index contributed by atoms with van der Waals surface area (Å²) in [5.41, 5.74) is 7.83. The van der Waals surface area contributed by atoms with Crippen molar-refractivity contribution < 1.29 is 24.0 Å². The van der Waals surface area contributed by atoms with Crippen LogP contribution in [0, 0.1) is 0 Å². The van der Waals surface area contributed by atoms with E-state index < -0.39 is 23.8 Å². The number of rotatable bonds is 6. The number of amides is 2. The maximum absolute atomic E-state index is 12.8. The second-order valence-corrected chi connectivity index (χ2v) is 9.65. The molecule has 12 heteroatoms. The van der Waals surface area contributed by atoms with Gasteiger partial charge in [0.1, 0.15) is 11.7 Å². The van der Waals surface area contributed by atoms with Gasteiger partial charge in [0.15, 0.2) is 0 Å². The van der Waals surface area contributed by atoms with Gasteiger partial charge in [-0.25, -0.2) is 15.6 Å². The van der Waals surface area contributed by atoms with Crippen molar-refractivity contribution in [3.05, 3.63) is 90.4 Å². The number of pyridine rings is 2.